The molecule has 22 heavy (non-hydrogen) atoms. The molecule has 4 nitrogen and oxygen atoms in total. The Kier molecular flexibility index (Phi) is 3.51. The Morgan fingerprint density at radius 1 is 1.27 bits per heavy atom. The highest BCUT2D eigenvalue weighted by atomic mass is 35.5. The van der Waals surface area contributed by atoms with Crippen molar-refractivity contribution in [2.24, 2.45) is 0 Å². The molecule has 2 heterocycles. The van der Waals surface area contributed by atoms with Gasteiger partial charge in [0.05, 0.1) is 17.9 Å². The van der Waals surface area contributed by atoms with Crippen LogP contribution in [0.25, 0.3) is 22.2 Å². The number of rotatable bonds is 4. The zero-order valence-electron chi connectivity index (χ0n) is 11.9. The number of nitrogens with zero attached hydrogens (tertiary/aromatic N) is 3. The van der Waals surface area contributed by atoms with Crippen molar-refractivity contribution >= 4 is 31.7 Å². The lowest BCUT2D eigenvalue weighted by atomic mass is 10.1. The van der Waals surface area contributed by atoms with Gasteiger partial charge in [-0.25, -0.2) is 4.98 Å². The molecule has 0 bridgehead atoms. The van der Waals surface area contributed by atoms with Gasteiger partial charge in [0.15, 0.2) is 0 Å². The van der Waals surface area contributed by atoms with Crippen LogP contribution in [0.1, 0.15) is 12.8 Å². The lowest BCUT2D eigenvalue weighted by molar-refractivity contribution is 0.303. The van der Waals surface area contributed by atoms with E-state index in [0.717, 1.165) is 47.0 Å². The van der Waals surface area contributed by atoms with E-state index in [9.17, 15) is 0 Å². The molecular weight excluding hydrogens is 317 g/mol. The Hall–Kier alpha value is -1.64. The minimum absolute atomic E-state index is 0.382. The van der Waals surface area contributed by atoms with E-state index in [1.807, 2.05) is 22.9 Å². The molecule has 1 aromatic carbocycles. The number of fused-ring (bicyclic) bond motifs is 1. The van der Waals surface area contributed by atoms with Gasteiger partial charge in [0, 0.05) is 17.1 Å². The van der Waals surface area contributed by atoms with Crippen LogP contribution in [-0.4, -0.2) is 20.9 Å². The minimum atomic E-state index is 0.382. The van der Waals surface area contributed by atoms with Crippen LogP contribution in [0.2, 0.25) is 5.15 Å². The highest BCUT2D eigenvalue weighted by Gasteiger charge is 2.24. The van der Waals surface area contributed by atoms with E-state index in [1.54, 1.807) is 6.20 Å². The third-order valence-electron chi connectivity index (χ3n) is 3.72. The van der Waals surface area contributed by atoms with Gasteiger partial charge in [0.25, 0.3) is 0 Å². The van der Waals surface area contributed by atoms with Crippen LogP contribution in [0.5, 0.6) is 5.75 Å². The lowest BCUT2D eigenvalue weighted by Crippen LogP contribution is -1.96. The molecule has 1 unspecified atom stereocenters. The predicted molar refractivity (Wildman–Crippen MR) is 91.3 cm³/mol. The summed E-state index contributed by atoms with van der Waals surface area (Å²) in [4.78, 5) is 4.04. The van der Waals surface area contributed by atoms with Gasteiger partial charge in [-0.15, -0.1) is 9.24 Å². The number of ether oxygens (including phenoxy) is 1. The molecule has 1 atom stereocenters. The van der Waals surface area contributed by atoms with E-state index in [2.05, 4.69) is 26.4 Å². The van der Waals surface area contributed by atoms with E-state index in [-0.39, 0.29) is 0 Å². The zero-order valence-corrected chi connectivity index (χ0v) is 13.8. The Balaban J connectivity index is 1.88. The quantitative estimate of drug-likeness (QED) is 0.533. The standard InChI is InChI=1S/C16H15ClN3OP/c17-15-7-10(5-6-18-15)16-13-8-12(21-11-1-2-11)3-4-14(13)20(9-22)19-16/h3-8,11H,1-2,9,22H2. The molecule has 0 aliphatic heterocycles. The number of pyridine rings is 1. The third kappa shape index (κ3) is 2.57. The smallest absolute Gasteiger partial charge is 0.129 e. The summed E-state index contributed by atoms with van der Waals surface area (Å²) in [5, 5.41) is 6.25. The summed E-state index contributed by atoms with van der Waals surface area (Å²) in [5.41, 5.74) is 2.95. The zero-order chi connectivity index (χ0) is 15.1. The van der Waals surface area contributed by atoms with Crippen molar-refractivity contribution in [2.45, 2.75) is 25.2 Å². The molecule has 0 amide bonds. The monoisotopic (exact) mass is 331 g/mol. The summed E-state index contributed by atoms with van der Waals surface area (Å²) in [7, 11) is 2.71. The van der Waals surface area contributed by atoms with Gasteiger partial charge in [0.2, 0.25) is 0 Å². The largest absolute Gasteiger partial charge is 0.490 e. The highest BCUT2D eigenvalue weighted by Crippen LogP contribution is 2.34. The van der Waals surface area contributed by atoms with E-state index in [4.69, 9.17) is 21.4 Å². The van der Waals surface area contributed by atoms with Crippen molar-refractivity contribution < 1.29 is 4.74 Å². The summed E-state index contributed by atoms with van der Waals surface area (Å²) in [5.74, 6) is 0.903. The molecule has 1 fully saturated rings. The summed E-state index contributed by atoms with van der Waals surface area (Å²) in [6, 6.07) is 9.92. The van der Waals surface area contributed by atoms with Crippen molar-refractivity contribution in [3.8, 4) is 17.0 Å². The fourth-order valence-electron chi connectivity index (χ4n) is 2.51. The molecular formula is C16H15ClN3OP. The fourth-order valence-corrected chi connectivity index (χ4v) is 2.96. The molecule has 1 aliphatic carbocycles. The second kappa shape index (κ2) is 5.53. The fraction of sp³-hybridized carbons (Fsp3) is 0.250. The van der Waals surface area contributed by atoms with Gasteiger partial charge in [-0.3, -0.25) is 4.68 Å². The van der Waals surface area contributed by atoms with Gasteiger partial charge >= 0.3 is 0 Å². The first kappa shape index (κ1) is 14.0. The van der Waals surface area contributed by atoms with Crippen molar-refractivity contribution in [1.82, 2.24) is 14.8 Å². The van der Waals surface area contributed by atoms with Crippen LogP contribution in [0.3, 0.4) is 0 Å². The Labute approximate surface area is 135 Å². The predicted octanol–water partition coefficient (Wildman–Crippen LogP) is 4.13. The molecule has 1 saturated carbocycles. The first-order chi connectivity index (χ1) is 10.7. The van der Waals surface area contributed by atoms with Crippen LogP contribution in [0, 0.1) is 0 Å². The molecule has 0 saturated heterocycles. The highest BCUT2D eigenvalue weighted by molar-refractivity contribution is 7.15. The molecule has 3 aromatic rings. The van der Waals surface area contributed by atoms with E-state index in [0.29, 0.717) is 11.3 Å². The molecule has 2 aromatic heterocycles. The van der Waals surface area contributed by atoms with Gasteiger partial charge in [-0.1, -0.05) is 11.6 Å². The van der Waals surface area contributed by atoms with Gasteiger partial charge < -0.3 is 4.74 Å². The SMILES string of the molecule is PCn1nc(-c2ccnc(Cl)c2)c2cc(OC3CC3)ccc21. The average Bonchev–Trinajstić information content (AvgIpc) is 3.26. The molecule has 0 N–H and O–H groups in total. The van der Waals surface area contributed by atoms with Crippen molar-refractivity contribution in [1.29, 1.82) is 0 Å². The van der Waals surface area contributed by atoms with Crippen molar-refractivity contribution in [3.63, 3.8) is 0 Å². The van der Waals surface area contributed by atoms with E-state index in [1.165, 1.54) is 0 Å². The number of hydrogen-bond acceptors (Lipinski definition) is 3. The molecule has 1 aliphatic rings. The number of halogens is 1. The summed E-state index contributed by atoms with van der Waals surface area (Å²) in [6.07, 6.45) is 5.12. The maximum atomic E-state index is 6.02. The Bertz CT molecular complexity index is 845. The van der Waals surface area contributed by atoms with Crippen molar-refractivity contribution in [3.05, 3.63) is 41.7 Å². The van der Waals surface area contributed by atoms with E-state index >= 15 is 0 Å². The third-order valence-corrected chi connectivity index (χ3v) is 4.27. The number of hydrogen-bond donors (Lipinski definition) is 0. The topological polar surface area (TPSA) is 39.9 Å². The average molecular weight is 332 g/mol. The number of benzene rings is 1. The van der Waals surface area contributed by atoms with Gasteiger partial charge in [-0.2, -0.15) is 5.10 Å². The van der Waals surface area contributed by atoms with Gasteiger partial charge in [0.1, 0.15) is 16.6 Å². The van der Waals surface area contributed by atoms with Crippen LogP contribution >= 0.6 is 20.8 Å². The van der Waals surface area contributed by atoms with Crippen LogP contribution < -0.4 is 4.74 Å². The molecule has 0 spiro atoms. The normalized spacial score (nSPS) is 14.5. The first-order valence-electron chi connectivity index (χ1n) is 7.24. The number of aromatic nitrogens is 3. The van der Waals surface area contributed by atoms with Crippen LogP contribution in [0.15, 0.2) is 36.5 Å². The molecule has 6 heteroatoms. The second-order valence-electron chi connectivity index (χ2n) is 5.39. The minimum Gasteiger partial charge on any atom is -0.490 e. The first-order valence-corrected chi connectivity index (χ1v) is 8.43. The van der Waals surface area contributed by atoms with Crippen molar-refractivity contribution in [2.75, 3.05) is 0 Å². The maximum Gasteiger partial charge on any atom is 0.129 e. The lowest BCUT2D eigenvalue weighted by Gasteiger charge is -2.05. The maximum absolute atomic E-state index is 6.02. The molecule has 4 rings (SSSR count). The summed E-state index contributed by atoms with van der Waals surface area (Å²) >= 11 is 6.02. The van der Waals surface area contributed by atoms with Gasteiger partial charge in [-0.05, 0) is 43.2 Å². The Morgan fingerprint density at radius 3 is 2.86 bits per heavy atom. The summed E-state index contributed by atoms with van der Waals surface area (Å²) < 4.78 is 7.87. The Morgan fingerprint density at radius 2 is 2.14 bits per heavy atom. The molecule has 112 valence electrons. The van der Waals surface area contributed by atoms with Crippen LogP contribution in [0.4, 0.5) is 0 Å². The van der Waals surface area contributed by atoms with Crippen LogP contribution in [-0.2, 0) is 6.29 Å². The van der Waals surface area contributed by atoms with E-state index < -0.39 is 0 Å². The second-order valence-corrected chi connectivity index (χ2v) is 6.15. The molecule has 0 radical (unpaired) electrons. The summed E-state index contributed by atoms with van der Waals surface area (Å²) in [6.45, 7) is 0.